The minimum absolute atomic E-state index is 0.173. The summed E-state index contributed by atoms with van der Waals surface area (Å²) in [5.74, 6) is 0.375. The summed E-state index contributed by atoms with van der Waals surface area (Å²) < 4.78 is 31.0. The normalized spacial score (nSPS) is 11.8. The molecule has 0 atom stereocenters. The maximum absolute atomic E-state index is 11.8. The van der Waals surface area contributed by atoms with Crippen molar-refractivity contribution in [3.05, 3.63) is 29.2 Å². The number of hydrogen-bond donors (Lipinski definition) is 2. The molecule has 0 bridgehead atoms. The van der Waals surface area contributed by atoms with E-state index in [2.05, 4.69) is 14.9 Å². The zero-order valence-electron chi connectivity index (χ0n) is 9.24. The van der Waals surface area contributed by atoms with Crippen LogP contribution in [-0.4, -0.2) is 30.2 Å². The lowest BCUT2D eigenvalue weighted by molar-refractivity contribution is 0.282. The first-order chi connectivity index (χ1) is 8.62. The van der Waals surface area contributed by atoms with Crippen molar-refractivity contribution < 1.29 is 18.0 Å². The number of aromatic nitrogens is 2. The predicted octanol–water partition coefficient (Wildman–Crippen LogP) is 0.144. The number of aliphatic hydroxyl groups is 1. The summed E-state index contributed by atoms with van der Waals surface area (Å²) in [5, 5.41) is 13.9. The van der Waals surface area contributed by atoms with Gasteiger partial charge in [-0.2, -0.15) is 4.98 Å². The molecule has 2 rings (SSSR count). The van der Waals surface area contributed by atoms with Crippen LogP contribution in [0.15, 0.2) is 26.5 Å². The lowest BCUT2D eigenvalue weighted by atomic mass is 10.4. The summed E-state index contributed by atoms with van der Waals surface area (Å²) in [6.45, 7) is 0.00485. The highest BCUT2D eigenvalue weighted by molar-refractivity contribution is 7.91. The van der Waals surface area contributed by atoms with Crippen molar-refractivity contribution in [2.45, 2.75) is 17.2 Å². The Morgan fingerprint density at radius 2 is 2.33 bits per heavy atom. The van der Waals surface area contributed by atoms with Gasteiger partial charge in [0, 0.05) is 13.0 Å². The molecule has 0 aliphatic carbocycles. The molecule has 0 aliphatic rings. The minimum atomic E-state index is -3.54. The molecule has 0 aliphatic heterocycles. The van der Waals surface area contributed by atoms with Crippen LogP contribution < -0.4 is 4.72 Å². The van der Waals surface area contributed by atoms with Crippen LogP contribution in [0.2, 0.25) is 0 Å². The number of thiophene rings is 1. The van der Waals surface area contributed by atoms with Crippen molar-refractivity contribution in [1.29, 1.82) is 0 Å². The van der Waals surface area contributed by atoms with Gasteiger partial charge in [-0.3, -0.25) is 0 Å². The van der Waals surface area contributed by atoms with Gasteiger partial charge in [0.2, 0.25) is 15.9 Å². The van der Waals surface area contributed by atoms with Crippen molar-refractivity contribution in [1.82, 2.24) is 14.9 Å². The van der Waals surface area contributed by atoms with Crippen molar-refractivity contribution in [2.24, 2.45) is 0 Å². The molecule has 98 valence electrons. The van der Waals surface area contributed by atoms with E-state index in [0.29, 0.717) is 17.9 Å². The molecule has 18 heavy (non-hydrogen) atoms. The number of hydrogen-bond acceptors (Lipinski definition) is 7. The van der Waals surface area contributed by atoms with Crippen LogP contribution in [-0.2, 0) is 23.1 Å². The summed E-state index contributed by atoms with van der Waals surface area (Å²) in [5.41, 5.74) is 0.581. The third kappa shape index (κ3) is 3.13. The van der Waals surface area contributed by atoms with E-state index in [9.17, 15) is 8.42 Å². The Labute approximate surface area is 108 Å². The van der Waals surface area contributed by atoms with E-state index >= 15 is 0 Å². The van der Waals surface area contributed by atoms with E-state index in [0.717, 1.165) is 11.3 Å². The van der Waals surface area contributed by atoms with Gasteiger partial charge in [0.1, 0.15) is 4.21 Å². The molecule has 0 amide bonds. The van der Waals surface area contributed by atoms with Crippen molar-refractivity contribution in [2.75, 3.05) is 6.54 Å². The average Bonchev–Trinajstić information content (AvgIpc) is 2.99. The Morgan fingerprint density at radius 1 is 1.50 bits per heavy atom. The van der Waals surface area contributed by atoms with Crippen LogP contribution in [0, 0.1) is 0 Å². The molecule has 0 radical (unpaired) electrons. The number of aliphatic hydroxyl groups excluding tert-OH is 1. The summed E-state index contributed by atoms with van der Waals surface area (Å²) in [6.07, 6.45) is 1.59. The van der Waals surface area contributed by atoms with Crippen LogP contribution in [0.1, 0.15) is 11.5 Å². The number of nitrogens with one attached hydrogen (secondary N) is 1. The first-order valence-electron chi connectivity index (χ1n) is 5.05. The lowest BCUT2D eigenvalue weighted by Gasteiger charge is -2.02. The monoisotopic (exact) mass is 289 g/mol. The van der Waals surface area contributed by atoms with Crippen molar-refractivity contribution in [3.8, 4) is 0 Å². The van der Waals surface area contributed by atoms with Gasteiger partial charge in [-0.1, -0.05) is 5.16 Å². The van der Waals surface area contributed by atoms with Gasteiger partial charge in [-0.15, -0.1) is 11.3 Å². The average molecular weight is 289 g/mol. The largest absolute Gasteiger partial charge is 0.392 e. The van der Waals surface area contributed by atoms with Crippen molar-refractivity contribution in [3.63, 3.8) is 0 Å². The van der Waals surface area contributed by atoms with Gasteiger partial charge >= 0.3 is 0 Å². The third-order valence-corrected chi connectivity index (χ3v) is 5.06. The predicted molar refractivity (Wildman–Crippen MR) is 63.4 cm³/mol. The van der Waals surface area contributed by atoms with Crippen LogP contribution in [0.5, 0.6) is 0 Å². The fourth-order valence-corrected chi connectivity index (χ4v) is 3.52. The van der Waals surface area contributed by atoms with E-state index in [1.165, 1.54) is 12.4 Å². The Bertz CT molecular complexity index is 591. The molecule has 2 aromatic heterocycles. The molecule has 2 aromatic rings. The number of sulfonamides is 1. The fraction of sp³-hybridized carbons (Fsp3) is 0.333. The molecule has 0 saturated heterocycles. The van der Waals surface area contributed by atoms with Gasteiger partial charge in [0.05, 0.1) is 6.61 Å². The molecule has 0 aromatic carbocycles. The summed E-state index contributed by atoms with van der Waals surface area (Å²) in [6, 6.07) is 1.44. The molecule has 7 nitrogen and oxygen atoms in total. The lowest BCUT2D eigenvalue weighted by Crippen LogP contribution is -2.25. The standard InChI is InChI=1S/C9H11N3O4S2/c13-4-7-3-9(17-5-7)18(14,15)12-2-1-8-10-6-11-16-8/h3,5-6,12-13H,1-2,4H2. The first kappa shape index (κ1) is 13.1. The maximum atomic E-state index is 11.8. The summed E-state index contributed by atoms with van der Waals surface area (Å²) in [7, 11) is -3.54. The zero-order chi connectivity index (χ0) is 13.0. The van der Waals surface area contributed by atoms with E-state index in [1.807, 2.05) is 0 Å². The second-order valence-electron chi connectivity index (χ2n) is 3.41. The fourth-order valence-electron chi connectivity index (χ4n) is 1.25. The van der Waals surface area contributed by atoms with E-state index < -0.39 is 10.0 Å². The van der Waals surface area contributed by atoms with Gasteiger partial charge in [0.15, 0.2) is 6.33 Å². The molecule has 0 unspecified atom stereocenters. The molecular formula is C9H11N3O4S2. The SMILES string of the molecule is O=S(=O)(NCCc1ncno1)c1cc(CO)cs1. The van der Waals surface area contributed by atoms with Crippen LogP contribution >= 0.6 is 11.3 Å². The van der Waals surface area contributed by atoms with Gasteiger partial charge in [0.25, 0.3) is 0 Å². The first-order valence-corrected chi connectivity index (χ1v) is 7.41. The zero-order valence-corrected chi connectivity index (χ0v) is 10.9. The van der Waals surface area contributed by atoms with E-state index in [4.69, 9.17) is 9.63 Å². The number of rotatable bonds is 6. The third-order valence-electron chi connectivity index (χ3n) is 2.12. The Balaban J connectivity index is 1.95. The Kier molecular flexibility index (Phi) is 4.07. The minimum Gasteiger partial charge on any atom is -0.392 e. The van der Waals surface area contributed by atoms with Gasteiger partial charge < -0.3 is 9.63 Å². The smallest absolute Gasteiger partial charge is 0.250 e. The van der Waals surface area contributed by atoms with Crippen molar-refractivity contribution >= 4 is 21.4 Å². The van der Waals surface area contributed by atoms with Crippen LogP contribution in [0.3, 0.4) is 0 Å². The summed E-state index contributed by atoms with van der Waals surface area (Å²) in [4.78, 5) is 3.78. The molecular weight excluding hydrogens is 278 g/mol. The Morgan fingerprint density at radius 3 is 2.94 bits per heavy atom. The highest BCUT2D eigenvalue weighted by atomic mass is 32.2. The topological polar surface area (TPSA) is 105 Å². The molecule has 2 heterocycles. The summed E-state index contributed by atoms with van der Waals surface area (Å²) >= 11 is 1.07. The van der Waals surface area contributed by atoms with E-state index in [1.54, 1.807) is 5.38 Å². The molecule has 0 saturated carbocycles. The highest BCUT2D eigenvalue weighted by Crippen LogP contribution is 2.19. The second-order valence-corrected chi connectivity index (χ2v) is 6.32. The van der Waals surface area contributed by atoms with Crippen LogP contribution in [0.4, 0.5) is 0 Å². The molecule has 2 N–H and O–H groups in total. The van der Waals surface area contributed by atoms with Gasteiger partial charge in [-0.25, -0.2) is 13.1 Å². The molecule has 0 spiro atoms. The van der Waals surface area contributed by atoms with Gasteiger partial charge in [-0.05, 0) is 17.0 Å². The number of nitrogens with zero attached hydrogens (tertiary/aromatic N) is 2. The maximum Gasteiger partial charge on any atom is 0.250 e. The second kappa shape index (κ2) is 5.57. The highest BCUT2D eigenvalue weighted by Gasteiger charge is 2.16. The quantitative estimate of drug-likeness (QED) is 0.784. The molecule has 9 heteroatoms. The van der Waals surface area contributed by atoms with Crippen LogP contribution in [0.25, 0.3) is 0 Å². The van der Waals surface area contributed by atoms with E-state index in [-0.39, 0.29) is 17.4 Å². The molecule has 0 fully saturated rings. The Hall–Kier alpha value is -1.29.